The summed E-state index contributed by atoms with van der Waals surface area (Å²) in [6.45, 7) is 0.788. The van der Waals surface area contributed by atoms with Crippen LogP contribution in [0.1, 0.15) is 41.0 Å². The van der Waals surface area contributed by atoms with Crippen molar-refractivity contribution in [1.29, 1.82) is 0 Å². The molecular formula is C20H22FN3O4. The summed E-state index contributed by atoms with van der Waals surface area (Å²) in [5.74, 6) is -1.62. The zero-order chi connectivity index (χ0) is 19.7. The van der Waals surface area contributed by atoms with Gasteiger partial charge in [-0.1, -0.05) is 0 Å². The highest BCUT2D eigenvalue weighted by Gasteiger charge is 2.41. The van der Waals surface area contributed by atoms with Crippen molar-refractivity contribution >= 4 is 11.9 Å². The monoisotopic (exact) mass is 387 g/mol. The van der Waals surface area contributed by atoms with Gasteiger partial charge in [-0.2, -0.15) is 5.10 Å². The molecule has 1 saturated heterocycles. The fraction of sp³-hybridized carbons (Fsp3) is 0.450. The van der Waals surface area contributed by atoms with Gasteiger partial charge in [0, 0.05) is 31.0 Å². The van der Waals surface area contributed by atoms with Crippen molar-refractivity contribution in [3.05, 3.63) is 47.0 Å². The number of nitrogens with one attached hydrogen (secondary N) is 1. The Morgan fingerprint density at radius 1 is 1.21 bits per heavy atom. The van der Waals surface area contributed by atoms with Gasteiger partial charge in [0.1, 0.15) is 5.82 Å². The van der Waals surface area contributed by atoms with Crippen LogP contribution in [-0.4, -0.2) is 46.5 Å². The molecule has 0 spiro atoms. The lowest BCUT2D eigenvalue weighted by Crippen LogP contribution is -2.46. The van der Waals surface area contributed by atoms with E-state index in [1.165, 1.54) is 12.1 Å². The lowest BCUT2D eigenvalue weighted by Gasteiger charge is -2.33. The van der Waals surface area contributed by atoms with E-state index in [1.54, 1.807) is 16.8 Å². The summed E-state index contributed by atoms with van der Waals surface area (Å²) in [6, 6.07) is 5.98. The van der Waals surface area contributed by atoms with E-state index in [9.17, 15) is 19.1 Å². The highest BCUT2D eigenvalue weighted by molar-refractivity contribution is 5.94. The molecule has 0 bridgehead atoms. The van der Waals surface area contributed by atoms with Crippen LogP contribution in [0.3, 0.4) is 0 Å². The molecular weight excluding hydrogens is 365 g/mol. The first-order chi connectivity index (χ1) is 13.5. The number of carbonyl (C=O) groups is 2. The summed E-state index contributed by atoms with van der Waals surface area (Å²) in [5, 5.41) is 16.9. The van der Waals surface area contributed by atoms with Crippen LogP contribution in [0.2, 0.25) is 0 Å². The van der Waals surface area contributed by atoms with E-state index in [1.807, 2.05) is 0 Å². The number of aromatic nitrogens is 2. The third-order valence-electron chi connectivity index (χ3n) is 5.71. The minimum Gasteiger partial charge on any atom is -0.481 e. The van der Waals surface area contributed by atoms with Crippen molar-refractivity contribution in [2.75, 3.05) is 19.8 Å². The van der Waals surface area contributed by atoms with E-state index >= 15 is 0 Å². The number of aliphatic carboxylic acids is 1. The Hall–Kier alpha value is -2.74. The van der Waals surface area contributed by atoms with E-state index in [0.717, 1.165) is 30.5 Å². The highest BCUT2D eigenvalue weighted by Crippen LogP contribution is 2.31. The Morgan fingerprint density at radius 2 is 1.93 bits per heavy atom. The fourth-order valence-corrected chi connectivity index (χ4v) is 3.98. The molecule has 1 aliphatic heterocycles. The Kier molecular flexibility index (Phi) is 4.89. The molecule has 1 amide bonds. The summed E-state index contributed by atoms with van der Waals surface area (Å²) in [4.78, 5) is 24.6. The summed E-state index contributed by atoms with van der Waals surface area (Å²) >= 11 is 0. The Bertz CT molecular complexity index is 901. The molecule has 0 unspecified atom stereocenters. The molecule has 0 radical (unpaired) electrons. The van der Waals surface area contributed by atoms with E-state index in [4.69, 9.17) is 4.74 Å². The quantitative estimate of drug-likeness (QED) is 0.820. The molecule has 2 aliphatic rings. The van der Waals surface area contributed by atoms with E-state index in [-0.39, 0.29) is 18.3 Å². The van der Waals surface area contributed by atoms with Crippen molar-refractivity contribution in [2.24, 2.45) is 5.41 Å². The first-order valence-corrected chi connectivity index (χ1v) is 9.46. The van der Waals surface area contributed by atoms with E-state index in [2.05, 4.69) is 10.4 Å². The second-order valence-corrected chi connectivity index (χ2v) is 7.40. The van der Waals surface area contributed by atoms with Crippen LogP contribution >= 0.6 is 0 Å². The maximum atomic E-state index is 13.2. The topological polar surface area (TPSA) is 93.5 Å². The molecule has 0 atom stereocenters. The number of rotatable bonds is 5. The summed E-state index contributed by atoms with van der Waals surface area (Å²) in [6.07, 6.45) is 3.20. The molecule has 2 heterocycles. The average Bonchev–Trinajstić information content (AvgIpc) is 3.30. The Labute approximate surface area is 161 Å². The molecule has 1 aromatic heterocycles. The number of carboxylic acids is 1. The number of carboxylic acid groups (broad SMARTS) is 1. The molecule has 1 aliphatic carbocycles. The number of fused-ring (bicyclic) bond motifs is 1. The molecule has 1 fully saturated rings. The maximum Gasteiger partial charge on any atom is 0.311 e. The smallest absolute Gasteiger partial charge is 0.311 e. The molecule has 0 saturated carbocycles. The summed E-state index contributed by atoms with van der Waals surface area (Å²) in [5.41, 5.74) is 1.86. The number of nitrogens with zero attached hydrogens (tertiary/aromatic N) is 2. The standard InChI is InChI=1S/C20H22FN3O4/c21-13-4-6-14(7-5-13)24-16-3-1-2-15(16)17(23-24)18(25)22-12-20(19(26)27)8-10-28-11-9-20/h4-7H,1-3,8-12H2,(H,22,25)(H,26,27). The third kappa shape index (κ3) is 3.28. The van der Waals surface area contributed by atoms with Crippen LogP contribution in [-0.2, 0) is 22.4 Å². The number of ether oxygens (including phenoxy) is 1. The van der Waals surface area contributed by atoms with E-state index < -0.39 is 11.4 Å². The van der Waals surface area contributed by atoms with Crippen LogP contribution in [0, 0.1) is 11.2 Å². The Morgan fingerprint density at radius 3 is 2.61 bits per heavy atom. The molecule has 2 aromatic rings. The molecule has 2 N–H and O–H groups in total. The average molecular weight is 387 g/mol. The van der Waals surface area contributed by atoms with Gasteiger partial charge in [0.25, 0.3) is 5.91 Å². The zero-order valence-electron chi connectivity index (χ0n) is 15.4. The third-order valence-corrected chi connectivity index (χ3v) is 5.71. The second-order valence-electron chi connectivity index (χ2n) is 7.40. The lowest BCUT2D eigenvalue weighted by atomic mass is 9.80. The van der Waals surface area contributed by atoms with Crippen molar-refractivity contribution in [3.63, 3.8) is 0 Å². The normalized spacial score (nSPS) is 17.9. The minimum absolute atomic E-state index is 0.0444. The predicted octanol–water partition coefficient (Wildman–Crippen LogP) is 2.11. The van der Waals surface area contributed by atoms with Gasteiger partial charge in [-0.15, -0.1) is 0 Å². The van der Waals surface area contributed by atoms with Crippen molar-refractivity contribution < 1.29 is 23.8 Å². The van der Waals surface area contributed by atoms with Crippen LogP contribution in [0.5, 0.6) is 0 Å². The van der Waals surface area contributed by atoms with Gasteiger partial charge >= 0.3 is 5.97 Å². The van der Waals surface area contributed by atoms with Crippen LogP contribution < -0.4 is 5.32 Å². The minimum atomic E-state index is -1.00. The molecule has 1 aromatic carbocycles. The number of amides is 1. The summed E-state index contributed by atoms with van der Waals surface area (Å²) < 4.78 is 20.2. The van der Waals surface area contributed by atoms with Crippen LogP contribution in [0.4, 0.5) is 4.39 Å². The van der Waals surface area contributed by atoms with Gasteiger partial charge in [-0.25, -0.2) is 9.07 Å². The van der Waals surface area contributed by atoms with Gasteiger partial charge in [0.2, 0.25) is 0 Å². The first kappa shape index (κ1) is 18.6. The molecule has 4 rings (SSSR count). The van der Waals surface area contributed by atoms with Crippen molar-refractivity contribution in [2.45, 2.75) is 32.1 Å². The summed E-state index contributed by atoms with van der Waals surface area (Å²) in [7, 11) is 0. The SMILES string of the molecule is O=C(NCC1(C(=O)O)CCOCC1)c1nn(-c2ccc(F)cc2)c2c1CCC2. The van der Waals surface area contributed by atoms with Gasteiger partial charge in [-0.3, -0.25) is 9.59 Å². The highest BCUT2D eigenvalue weighted by atomic mass is 19.1. The van der Waals surface area contributed by atoms with Gasteiger partial charge in [0.15, 0.2) is 5.69 Å². The number of benzene rings is 1. The number of carbonyl (C=O) groups excluding carboxylic acids is 1. The van der Waals surface area contributed by atoms with Crippen molar-refractivity contribution in [3.8, 4) is 5.69 Å². The second kappa shape index (κ2) is 7.35. The molecule has 7 nitrogen and oxygen atoms in total. The van der Waals surface area contributed by atoms with Gasteiger partial charge in [-0.05, 0) is 56.4 Å². The molecule has 8 heteroatoms. The van der Waals surface area contributed by atoms with Crippen molar-refractivity contribution in [1.82, 2.24) is 15.1 Å². The van der Waals surface area contributed by atoms with E-state index in [0.29, 0.717) is 37.4 Å². The van der Waals surface area contributed by atoms with Crippen LogP contribution in [0.15, 0.2) is 24.3 Å². The number of hydrogen-bond donors (Lipinski definition) is 2. The fourth-order valence-electron chi connectivity index (χ4n) is 3.98. The molecule has 28 heavy (non-hydrogen) atoms. The Balaban J connectivity index is 1.57. The maximum absolute atomic E-state index is 13.2. The molecule has 148 valence electrons. The largest absolute Gasteiger partial charge is 0.481 e. The predicted molar refractivity (Wildman–Crippen MR) is 98.0 cm³/mol. The lowest BCUT2D eigenvalue weighted by molar-refractivity contribution is -0.154. The number of hydrogen-bond acceptors (Lipinski definition) is 4. The first-order valence-electron chi connectivity index (χ1n) is 9.46. The van der Waals surface area contributed by atoms with Crippen LogP contribution in [0.25, 0.3) is 5.69 Å². The number of halogens is 1. The zero-order valence-corrected chi connectivity index (χ0v) is 15.4. The van der Waals surface area contributed by atoms with Gasteiger partial charge in [0.05, 0.1) is 11.1 Å². The van der Waals surface area contributed by atoms with Gasteiger partial charge < -0.3 is 15.2 Å².